The average molecular weight is 328 g/mol. The van der Waals surface area contributed by atoms with Gasteiger partial charge in [-0.2, -0.15) is 0 Å². The molecule has 6 heteroatoms. The number of fused-ring (bicyclic) bond motifs is 3. The zero-order valence-electron chi connectivity index (χ0n) is 12.9. The van der Waals surface area contributed by atoms with Gasteiger partial charge in [-0.15, -0.1) is 0 Å². The largest absolute Gasteiger partial charge is 0.377 e. The maximum atomic E-state index is 14.3. The average Bonchev–Trinajstić information content (AvgIpc) is 2.61. The van der Waals surface area contributed by atoms with Crippen molar-refractivity contribution >= 4 is 11.4 Å². The van der Waals surface area contributed by atoms with E-state index >= 15 is 0 Å². The summed E-state index contributed by atoms with van der Waals surface area (Å²) in [6, 6.07) is 11.3. The second-order valence-corrected chi connectivity index (χ2v) is 6.27. The Balaban J connectivity index is 1.80. The van der Waals surface area contributed by atoms with E-state index in [0.717, 1.165) is 24.1 Å². The molecule has 0 aromatic heterocycles. The number of halogens is 1. The van der Waals surface area contributed by atoms with Crippen LogP contribution in [0.3, 0.4) is 0 Å². The molecule has 0 unspecified atom stereocenters. The van der Waals surface area contributed by atoms with Gasteiger partial charge in [0.2, 0.25) is 0 Å². The van der Waals surface area contributed by atoms with Gasteiger partial charge in [0, 0.05) is 41.5 Å². The lowest BCUT2D eigenvalue weighted by Gasteiger charge is -2.43. The summed E-state index contributed by atoms with van der Waals surface area (Å²) in [7, 11) is 0. The van der Waals surface area contributed by atoms with Crippen LogP contribution in [0.2, 0.25) is 0 Å². The summed E-state index contributed by atoms with van der Waals surface area (Å²) in [6.07, 6.45) is 1.54. The van der Waals surface area contributed by atoms with Crippen molar-refractivity contribution in [2.45, 2.75) is 25.0 Å². The molecule has 1 saturated heterocycles. The van der Waals surface area contributed by atoms with Crippen molar-refractivity contribution in [1.29, 1.82) is 0 Å². The number of hydrogen-bond acceptors (Lipinski definition) is 4. The number of ether oxygens (including phenoxy) is 1. The van der Waals surface area contributed by atoms with Crippen molar-refractivity contribution in [3.8, 4) is 0 Å². The monoisotopic (exact) mass is 328 g/mol. The minimum atomic E-state index is -0.402. The second-order valence-electron chi connectivity index (χ2n) is 6.27. The Morgan fingerprint density at radius 1 is 1.21 bits per heavy atom. The molecular weight excluding hydrogens is 311 g/mol. The van der Waals surface area contributed by atoms with Gasteiger partial charge in [0.05, 0.1) is 17.1 Å². The molecular formula is C18H17FN2O3. The first-order valence-corrected chi connectivity index (χ1v) is 8.06. The molecule has 0 saturated carbocycles. The molecule has 2 aliphatic rings. The number of nitro benzene ring substituents is 1. The molecule has 2 aromatic rings. The smallest absolute Gasteiger partial charge is 0.269 e. The maximum Gasteiger partial charge on any atom is 0.269 e. The molecule has 2 heterocycles. The van der Waals surface area contributed by atoms with Gasteiger partial charge < -0.3 is 10.1 Å². The molecule has 1 N–H and O–H groups in total. The summed E-state index contributed by atoms with van der Waals surface area (Å²) in [5, 5.41) is 14.4. The second kappa shape index (κ2) is 5.87. The van der Waals surface area contributed by atoms with E-state index in [2.05, 4.69) is 5.32 Å². The molecule has 4 rings (SSSR count). The van der Waals surface area contributed by atoms with E-state index in [1.165, 1.54) is 12.1 Å². The van der Waals surface area contributed by atoms with Crippen molar-refractivity contribution in [3.63, 3.8) is 0 Å². The molecule has 2 aliphatic heterocycles. The van der Waals surface area contributed by atoms with Crippen molar-refractivity contribution < 1.29 is 14.1 Å². The van der Waals surface area contributed by atoms with Gasteiger partial charge >= 0.3 is 0 Å². The quantitative estimate of drug-likeness (QED) is 0.657. The highest BCUT2D eigenvalue weighted by molar-refractivity contribution is 5.60. The number of hydrogen-bond donors (Lipinski definition) is 1. The Hall–Kier alpha value is -2.47. The maximum absolute atomic E-state index is 14.3. The Morgan fingerprint density at radius 3 is 2.83 bits per heavy atom. The summed E-state index contributed by atoms with van der Waals surface area (Å²) in [6.45, 7) is 0.618. The molecule has 0 aliphatic carbocycles. The van der Waals surface area contributed by atoms with Crippen molar-refractivity contribution in [1.82, 2.24) is 0 Å². The van der Waals surface area contributed by atoms with E-state index in [9.17, 15) is 14.5 Å². The molecule has 2 aromatic carbocycles. The molecule has 0 bridgehead atoms. The predicted molar refractivity (Wildman–Crippen MR) is 87.3 cm³/mol. The molecule has 0 spiro atoms. The van der Waals surface area contributed by atoms with Crippen LogP contribution in [-0.2, 0) is 4.74 Å². The van der Waals surface area contributed by atoms with Gasteiger partial charge in [0.25, 0.3) is 5.69 Å². The molecule has 24 heavy (non-hydrogen) atoms. The molecule has 5 nitrogen and oxygen atoms in total. The topological polar surface area (TPSA) is 64.4 Å². The number of rotatable bonds is 2. The first kappa shape index (κ1) is 15.1. The summed E-state index contributed by atoms with van der Waals surface area (Å²) in [5.74, 6) is -0.199. The SMILES string of the molecule is O=[N+]([O-])c1ccc2c(c1)[C@@H]1OCCC[C@@H]1[C@H](c1ccccc1F)N2. The van der Waals surface area contributed by atoms with Gasteiger partial charge in [-0.25, -0.2) is 4.39 Å². The van der Waals surface area contributed by atoms with Gasteiger partial charge in [-0.3, -0.25) is 10.1 Å². The Bertz CT molecular complexity index is 796. The fraction of sp³-hybridized carbons (Fsp3) is 0.333. The molecule has 0 radical (unpaired) electrons. The van der Waals surface area contributed by atoms with Crippen molar-refractivity contribution in [2.75, 3.05) is 11.9 Å². The number of nitro groups is 1. The first-order chi connectivity index (χ1) is 11.6. The molecule has 124 valence electrons. The van der Waals surface area contributed by atoms with Crippen LogP contribution in [0.4, 0.5) is 15.8 Å². The van der Waals surface area contributed by atoms with E-state index in [0.29, 0.717) is 12.2 Å². The van der Waals surface area contributed by atoms with E-state index in [4.69, 9.17) is 4.74 Å². The minimum absolute atomic E-state index is 0.0464. The fourth-order valence-electron chi connectivity index (χ4n) is 3.81. The third-order valence-electron chi connectivity index (χ3n) is 4.90. The molecule has 1 fully saturated rings. The summed E-state index contributed by atoms with van der Waals surface area (Å²) in [5.41, 5.74) is 2.23. The normalized spacial score (nSPS) is 25.3. The van der Waals surface area contributed by atoms with Crippen LogP contribution in [-0.4, -0.2) is 11.5 Å². The number of non-ortho nitro benzene ring substituents is 1. The third kappa shape index (κ3) is 2.43. The van der Waals surface area contributed by atoms with Crippen LogP contribution in [0.5, 0.6) is 0 Å². The number of benzene rings is 2. The van der Waals surface area contributed by atoms with E-state index in [1.807, 2.05) is 6.07 Å². The molecule has 3 atom stereocenters. The highest BCUT2D eigenvalue weighted by Crippen LogP contribution is 2.50. The van der Waals surface area contributed by atoms with Crippen LogP contribution in [0, 0.1) is 21.8 Å². The third-order valence-corrected chi connectivity index (χ3v) is 4.90. The van der Waals surface area contributed by atoms with Gasteiger partial charge in [0.1, 0.15) is 5.82 Å². The lowest BCUT2D eigenvalue weighted by molar-refractivity contribution is -0.385. The minimum Gasteiger partial charge on any atom is -0.377 e. The van der Waals surface area contributed by atoms with E-state index < -0.39 is 4.92 Å². The van der Waals surface area contributed by atoms with Gasteiger partial charge in [0.15, 0.2) is 0 Å². The lowest BCUT2D eigenvalue weighted by Crippen LogP contribution is -2.36. The Labute approximate surface area is 138 Å². The zero-order chi connectivity index (χ0) is 16.7. The van der Waals surface area contributed by atoms with Crippen LogP contribution in [0.1, 0.15) is 36.1 Å². The first-order valence-electron chi connectivity index (χ1n) is 8.06. The lowest BCUT2D eigenvalue weighted by atomic mass is 9.77. The zero-order valence-corrected chi connectivity index (χ0v) is 12.9. The van der Waals surface area contributed by atoms with Crippen molar-refractivity contribution in [3.05, 3.63) is 69.5 Å². The van der Waals surface area contributed by atoms with Crippen molar-refractivity contribution in [2.24, 2.45) is 5.92 Å². The highest BCUT2D eigenvalue weighted by atomic mass is 19.1. The van der Waals surface area contributed by atoms with E-state index in [1.54, 1.807) is 24.3 Å². The molecule has 0 amide bonds. The van der Waals surface area contributed by atoms with E-state index in [-0.39, 0.29) is 29.6 Å². The van der Waals surface area contributed by atoms with Crippen LogP contribution < -0.4 is 5.32 Å². The van der Waals surface area contributed by atoms with Crippen LogP contribution >= 0.6 is 0 Å². The van der Waals surface area contributed by atoms with Crippen LogP contribution in [0.15, 0.2) is 42.5 Å². The standard InChI is InChI=1S/C18H17FN2O3/c19-15-6-2-1-4-12(15)17-13-5-3-9-24-18(13)14-10-11(21(22)23)7-8-16(14)20-17/h1-2,4,6-8,10,13,17-18,20H,3,5,9H2/t13-,17+,18-/m1/s1. The number of nitrogens with one attached hydrogen (secondary N) is 1. The summed E-state index contributed by atoms with van der Waals surface area (Å²) < 4.78 is 20.3. The summed E-state index contributed by atoms with van der Waals surface area (Å²) in [4.78, 5) is 10.7. The van der Waals surface area contributed by atoms with Gasteiger partial charge in [-0.1, -0.05) is 18.2 Å². The van der Waals surface area contributed by atoms with Crippen LogP contribution in [0.25, 0.3) is 0 Å². The fourth-order valence-corrected chi connectivity index (χ4v) is 3.81. The Morgan fingerprint density at radius 2 is 2.04 bits per heavy atom. The highest BCUT2D eigenvalue weighted by Gasteiger charge is 2.41. The summed E-state index contributed by atoms with van der Waals surface area (Å²) >= 11 is 0. The Kier molecular flexibility index (Phi) is 3.69. The number of anilines is 1. The predicted octanol–water partition coefficient (Wildman–Crippen LogP) is 4.37. The number of nitrogens with zero attached hydrogens (tertiary/aromatic N) is 1. The van der Waals surface area contributed by atoms with Gasteiger partial charge in [-0.05, 0) is 25.0 Å².